The summed E-state index contributed by atoms with van der Waals surface area (Å²) in [6.45, 7) is 5.16. The molecule has 0 radical (unpaired) electrons. The highest BCUT2D eigenvalue weighted by atomic mass is 16.7. The number of rotatable bonds is 6. The van der Waals surface area contributed by atoms with Gasteiger partial charge < -0.3 is 14.2 Å². The average Bonchev–Trinajstić information content (AvgIpc) is 2.63. The van der Waals surface area contributed by atoms with Gasteiger partial charge in [-0.15, -0.1) is 0 Å². The fraction of sp³-hybridized carbons (Fsp3) is 0.300. The largest absolute Gasteiger partial charge is 0.465 e. The first-order valence-electron chi connectivity index (χ1n) is 7.99. The van der Waals surface area contributed by atoms with Crippen molar-refractivity contribution in [2.45, 2.75) is 31.8 Å². The number of hydrogen-bond acceptors (Lipinski definition) is 3. The lowest BCUT2D eigenvalue weighted by Gasteiger charge is -2.29. The molecular weight excluding hydrogens is 288 g/mol. The van der Waals surface area contributed by atoms with E-state index in [9.17, 15) is 0 Å². The van der Waals surface area contributed by atoms with Crippen LogP contribution < -0.4 is 0 Å². The van der Waals surface area contributed by atoms with Crippen LogP contribution in [0.25, 0.3) is 5.76 Å². The molecule has 120 valence electrons. The van der Waals surface area contributed by atoms with Crippen LogP contribution in [-0.4, -0.2) is 19.0 Å². The summed E-state index contributed by atoms with van der Waals surface area (Å²) >= 11 is 0. The second-order valence-corrected chi connectivity index (χ2v) is 5.67. The Morgan fingerprint density at radius 3 is 2.35 bits per heavy atom. The molecule has 0 aliphatic carbocycles. The van der Waals surface area contributed by atoms with Crippen LogP contribution in [-0.2, 0) is 20.8 Å². The molecule has 0 aromatic heterocycles. The van der Waals surface area contributed by atoms with Gasteiger partial charge >= 0.3 is 0 Å². The second kappa shape index (κ2) is 7.95. The Kier molecular flexibility index (Phi) is 5.46. The zero-order chi connectivity index (χ0) is 15.9. The summed E-state index contributed by atoms with van der Waals surface area (Å²) in [5.74, 6) is 0.652. The van der Waals surface area contributed by atoms with Gasteiger partial charge in [-0.3, -0.25) is 0 Å². The Morgan fingerprint density at radius 2 is 1.70 bits per heavy atom. The van der Waals surface area contributed by atoms with Crippen molar-refractivity contribution in [3.63, 3.8) is 0 Å². The van der Waals surface area contributed by atoms with Gasteiger partial charge in [0, 0.05) is 12.0 Å². The molecule has 1 aliphatic rings. The monoisotopic (exact) mass is 310 g/mol. The van der Waals surface area contributed by atoms with Gasteiger partial charge in [0.1, 0.15) is 5.76 Å². The van der Waals surface area contributed by atoms with E-state index in [4.69, 9.17) is 14.2 Å². The van der Waals surface area contributed by atoms with E-state index in [2.05, 4.69) is 18.7 Å². The molecule has 0 spiro atoms. The average molecular weight is 310 g/mol. The Balaban J connectivity index is 1.41. The van der Waals surface area contributed by atoms with Crippen molar-refractivity contribution in [2.24, 2.45) is 0 Å². The maximum atomic E-state index is 5.90. The molecule has 0 bridgehead atoms. The maximum Gasteiger partial charge on any atom is 0.200 e. The SMILES string of the molecule is C=C(O[C@@H]1CC[C@H](OCc2ccccc2)CO1)c1ccccc1. The van der Waals surface area contributed by atoms with Crippen molar-refractivity contribution < 1.29 is 14.2 Å². The van der Waals surface area contributed by atoms with Crippen molar-refractivity contribution in [1.29, 1.82) is 0 Å². The lowest BCUT2D eigenvalue weighted by atomic mass is 10.1. The molecule has 2 aromatic carbocycles. The first-order valence-corrected chi connectivity index (χ1v) is 7.99. The summed E-state index contributed by atoms with van der Waals surface area (Å²) in [5, 5.41) is 0. The molecule has 0 N–H and O–H groups in total. The Bertz CT molecular complexity index is 601. The Morgan fingerprint density at radius 1 is 1.00 bits per heavy atom. The number of hydrogen-bond donors (Lipinski definition) is 0. The van der Waals surface area contributed by atoms with Gasteiger partial charge in [0.25, 0.3) is 0 Å². The molecule has 23 heavy (non-hydrogen) atoms. The van der Waals surface area contributed by atoms with Crippen LogP contribution in [0.2, 0.25) is 0 Å². The third-order valence-electron chi connectivity index (χ3n) is 3.89. The van der Waals surface area contributed by atoms with E-state index in [0.29, 0.717) is 19.0 Å². The van der Waals surface area contributed by atoms with Gasteiger partial charge in [-0.05, 0) is 12.0 Å². The minimum atomic E-state index is -0.237. The molecule has 3 rings (SSSR count). The van der Waals surface area contributed by atoms with Crippen molar-refractivity contribution in [3.8, 4) is 0 Å². The Hall–Kier alpha value is -2.10. The highest BCUT2D eigenvalue weighted by Gasteiger charge is 2.24. The minimum absolute atomic E-state index is 0.125. The lowest BCUT2D eigenvalue weighted by molar-refractivity contribution is -0.167. The van der Waals surface area contributed by atoms with Gasteiger partial charge in [-0.25, -0.2) is 0 Å². The van der Waals surface area contributed by atoms with Gasteiger partial charge in [0.15, 0.2) is 6.29 Å². The molecule has 0 amide bonds. The second-order valence-electron chi connectivity index (χ2n) is 5.67. The molecule has 1 saturated heterocycles. The van der Waals surface area contributed by atoms with Crippen LogP contribution in [0, 0.1) is 0 Å². The van der Waals surface area contributed by atoms with Crippen LogP contribution in [0.3, 0.4) is 0 Å². The van der Waals surface area contributed by atoms with E-state index in [1.54, 1.807) is 0 Å². The van der Waals surface area contributed by atoms with Gasteiger partial charge in [0.05, 0.1) is 19.3 Å². The van der Waals surface area contributed by atoms with Gasteiger partial charge in [0.2, 0.25) is 0 Å². The normalized spacial score (nSPS) is 20.9. The predicted molar refractivity (Wildman–Crippen MR) is 90.6 cm³/mol. The van der Waals surface area contributed by atoms with Crippen molar-refractivity contribution in [2.75, 3.05) is 6.61 Å². The highest BCUT2D eigenvalue weighted by Crippen LogP contribution is 2.23. The fourth-order valence-electron chi connectivity index (χ4n) is 2.57. The van der Waals surface area contributed by atoms with Crippen LogP contribution in [0.5, 0.6) is 0 Å². The first-order chi connectivity index (χ1) is 11.3. The summed E-state index contributed by atoms with van der Waals surface area (Å²) < 4.78 is 17.5. The maximum absolute atomic E-state index is 5.90. The van der Waals surface area contributed by atoms with E-state index >= 15 is 0 Å². The van der Waals surface area contributed by atoms with Crippen molar-refractivity contribution in [3.05, 3.63) is 78.4 Å². The molecule has 3 nitrogen and oxygen atoms in total. The molecule has 2 aromatic rings. The Labute approximate surface area is 137 Å². The summed E-state index contributed by atoms with van der Waals surface area (Å²) in [7, 11) is 0. The number of ether oxygens (including phenoxy) is 3. The highest BCUT2D eigenvalue weighted by molar-refractivity contribution is 5.57. The lowest BCUT2D eigenvalue weighted by Crippen LogP contribution is -2.32. The van der Waals surface area contributed by atoms with E-state index < -0.39 is 0 Å². The molecular formula is C20H22O3. The van der Waals surface area contributed by atoms with E-state index in [1.165, 1.54) is 5.56 Å². The third-order valence-corrected chi connectivity index (χ3v) is 3.89. The molecule has 0 saturated carbocycles. The molecule has 1 heterocycles. The molecule has 0 unspecified atom stereocenters. The van der Waals surface area contributed by atoms with Crippen molar-refractivity contribution >= 4 is 5.76 Å². The standard InChI is InChI=1S/C20H22O3/c1-16(18-10-6-3-7-11-18)23-20-13-12-19(15-22-20)21-14-17-8-4-2-5-9-17/h2-11,19-20H,1,12-15H2/t19-,20+/m0/s1. The fourth-order valence-corrected chi connectivity index (χ4v) is 2.57. The molecule has 1 aliphatic heterocycles. The summed E-state index contributed by atoms with van der Waals surface area (Å²) in [4.78, 5) is 0. The minimum Gasteiger partial charge on any atom is -0.465 e. The van der Waals surface area contributed by atoms with Crippen molar-refractivity contribution in [1.82, 2.24) is 0 Å². The van der Waals surface area contributed by atoms with Gasteiger partial charge in [-0.1, -0.05) is 67.2 Å². The van der Waals surface area contributed by atoms with Gasteiger partial charge in [-0.2, -0.15) is 0 Å². The summed E-state index contributed by atoms with van der Waals surface area (Å²) in [6.07, 6.45) is 1.63. The van der Waals surface area contributed by atoms with E-state index in [1.807, 2.05) is 48.5 Å². The zero-order valence-electron chi connectivity index (χ0n) is 13.2. The smallest absolute Gasteiger partial charge is 0.200 e. The summed E-state index contributed by atoms with van der Waals surface area (Å²) in [5.41, 5.74) is 2.17. The van der Waals surface area contributed by atoms with Crippen LogP contribution in [0.4, 0.5) is 0 Å². The van der Waals surface area contributed by atoms with E-state index in [-0.39, 0.29) is 12.4 Å². The van der Waals surface area contributed by atoms with Crippen LogP contribution in [0.15, 0.2) is 67.2 Å². The molecule has 3 heteroatoms. The zero-order valence-corrected chi connectivity index (χ0v) is 13.2. The van der Waals surface area contributed by atoms with Crippen LogP contribution in [0.1, 0.15) is 24.0 Å². The third kappa shape index (κ3) is 4.68. The first kappa shape index (κ1) is 15.8. The molecule has 2 atom stereocenters. The predicted octanol–water partition coefficient (Wildman–Crippen LogP) is 4.40. The molecule has 1 fully saturated rings. The van der Waals surface area contributed by atoms with E-state index in [0.717, 1.165) is 18.4 Å². The topological polar surface area (TPSA) is 27.7 Å². The summed E-state index contributed by atoms with van der Waals surface area (Å²) in [6, 6.07) is 20.1. The van der Waals surface area contributed by atoms with Crippen LogP contribution >= 0.6 is 0 Å². The number of benzene rings is 2. The quantitative estimate of drug-likeness (QED) is 0.740.